The average Bonchev–Trinajstić information content (AvgIpc) is 3.46. The van der Waals surface area contributed by atoms with Crippen molar-refractivity contribution >= 4 is 17.6 Å². The molecule has 0 bridgehead atoms. The number of ketones is 1. The van der Waals surface area contributed by atoms with E-state index < -0.39 is 12.1 Å². The largest absolute Gasteiger partial charge is 0.489 e. The number of imide groups is 1. The molecule has 0 aliphatic carbocycles. The number of Topliss-reactive ketones (excluding diaryl/α,β-unsaturated/α-hetero) is 1. The second-order valence-electron chi connectivity index (χ2n) is 10.5. The number of carbonyl (C=O) groups is 3. The molecule has 2 N–H and O–H groups in total. The minimum absolute atomic E-state index is 0.0591. The Kier molecular flexibility index (Phi) is 10.2. The third kappa shape index (κ3) is 7.43. The first-order valence-electron chi connectivity index (χ1n) is 14.1. The van der Waals surface area contributed by atoms with Gasteiger partial charge in [-0.05, 0) is 48.6 Å². The molecule has 7 nitrogen and oxygen atoms in total. The van der Waals surface area contributed by atoms with Crippen molar-refractivity contribution in [1.29, 1.82) is 0 Å². The molecule has 4 rings (SSSR count). The number of ether oxygens (including phenoxy) is 1. The number of carbonyl (C=O) groups excluding carboxylic acids is 3. The van der Waals surface area contributed by atoms with Crippen molar-refractivity contribution in [3.05, 3.63) is 102 Å². The van der Waals surface area contributed by atoms with E-state index in [-0.39, 0.29) is 36.6 Å². The Morgan fingerprint density at radius 2 is 1.65 bits per heavy atom. The monoisotopic (exact) mass is 541 g/mol. The molecule has 0 saturated carbocycles. The Labute approximate surface area is 236 Å². The molecule has 1 fully saturated rings. The zero-order valence-electron chi connectivity index (χ0n) is 23.4. The maximum absolute atomic E-state index is 13.9. The van der Waals surface area contributed by atoms with Gasteiger partial charge in [0.25, 0.3) is 0 Å². The molecule has 3 aromatic rings. The number of amides is 2. The van der Waals surface area contributed by atoms with Gasteiger partial charge in [-0.15, -0.1) is 0 Å². The maximum atomic E-state index is 13.9. The molecule has 7 heteroatoms. The molecule has 3 aromatic carbocycles. The van der Waals surface area contributed by atoms with Crippen LogP contribution in [0.25, 0.3) is 0 Å². The van der Waals surface area contributed by atoms with Crippen LogP contribution in [0, 0.1) is 5.92 Å². The molecule has 40 heavy (non-hydrogen) atoms. The lowest BCUT2D eigenvalue weighted by Gasteiger charge is -2.31. The van der Waals surface area contributed by atoms with Crippen LogP contribution in [0.15, 0.2) is 84.9 Å². The lowest BCUT2D eigenvalue weighted by molar-refractivity contribution is -0.149. The second-order valence-corrected chi connectivity index (χ2v) is 10.5. The molecule has 1 saturated heterocycles. The minimum Gasteiger partial charge on any atom is -0.489 e. The first-order valence-corrected chi connectivity index (χ1v) is 14.1. The van der Waals surface area contributed by atoms with Crippen LogP contribution < -0.4 is 10.5 Å². The number of hydrogen-bond acceptors (Lipinski definition) is 6. The summed E-state index contributed by atoms with van der Waals surface area (Å²) in [5.74, 6) is -0.205. The zero-order chi connectivity index (χ0) is 28.5. The highest BCUT2D eigenvalue weighted by atomic mass is 16.5. The van der Waals surface area contributed by atoms with E-state index in [0.717, 1.165) is 24.0 Å². The molecule has 0 spiro atoms. The molecule has 0 aromatic heterocycles. The van der Waals surface area contributed by atoms with Gasteiger partial charge in [0, 0.05) is 5.56 Å². The van der Waals surface area contributed by atoms with Crippen molar-refractivity contribution in [1.82, 2.24) is 9.80 Å². The first kappa shape index (κ1) is 29.2. The minimum atomic E-state index is -0.771. The van der Waals surface area contributed by atoms with Crippen LogP contribution in [-0.2, 0) is 22.7 Å². The highest BCUT2D eigenvalue weighted by molar-refractivity contribution is 6.01. The van der Waals surface area contributed by atoms with E-state index in [1.807, 2.05) is 85.5 Å². The van der Waals surface area contributed by atoms with Gasteiger partial charge in [0.05, 0.1) is 25.2 Å². The standard InChI is InChI=1S/C33H39N3O4/c1-3-24(2)31(34)33(39)36(21-25-12-6-4-7-13-25)32(38)29-18-11-19-35(29)22-30(37)27-16-10-17-28(20-27)40-23-26-14-8-5-9-15-26/h4-10,12-17,20,24,29,31H,3,11,18-19,21-23,34H2,1-2H3/t24-,29-,31-/m0/s1. The summed E-state index contributed by atoms with van der Waals surface area (Å²) in [7, 11) is 0. The molecule has 0 unspecified atom stereocenters. The van der Waals surface area contributed by atoms with Gasteiger partial charge in [0.1, 0.15) is 12.4 Å². The summed E-state index contributed by atoms with van der Waals surface area (Å²) in [5, 5.41) is 0. The van der Waals surface area contributed by atoms with E-state index in [0.29, 0.717) is 30.9 Å². The van der Waals surface area contributed by atoms with Crippen LogP contribution >= 0.6 is 0 Å². The number of likely N-dealkylation sites (tertiary alicyclic amines) is 1. The van der Waals surface area contributed by atoms with Gasteiger partial charge in [-0.1, -0.05) is 93.1 Å². The third-order valence-electron chi connectivity index (χ3n) is 7.66. The molecule has 2 amide bonds. The van der Waals surface area contributed by atoms with Gasteiger partial charge in [-0.3, -0.25) is 24.2 Å². The van der Waals surface area contributed by atoms with E-state index in [1.54, 1.807) is 18.2 Å². The summed E-state index contributed by atoms with van der Waals surface area (Å²) in [6, 6.07) is 25.1. The summed E-state index contributed by atoms with van der Waals surface area (Å²) in [6.45, 7) is 5.16. The SMILES string of the molecule is CC[C@H](C)[C@H](N)C(=O)N(Cc1ccccc1)C(=O)[C@@H]1CCCN1CC(=O)c1cccc(OCc2ccccc2)c1. The smallest absolute Gasteiger partial charge is 0.246 e. The zero-order valence-corrected chi connectivity index (χ0v) is 23.4. The highest BCUT2D eigenvalue weighted by Crippen LogP contribution is 2.23. The van der Waals surface area contributed by atoms with Crippen LogP contribution in [0.2, 0.25) is 0 Å². The van der Waals surface area contributed by atoms with E-state index in [1.165, 1.54) is 4.90 Å². The van der Waals surface area contributed by atoms with Crippen molar-refractivity contribution in [2.75, 3.05) is 13.1 Å². The van der Waals surface area contributed by atoms with Gasteiger partial charge in [0.2, 0.25) is 11.8 Å². The van der Waals surface area contributed by atoms with Gasteiger partial charge in [0.15, 0.2) is 5.78 Å². The molecule has 1 heterocycles. The Hall–Kier alpha value is -3.81. The van der Waals surface area contributed by atoms with Crippen molar-refractivity contribution in [2.24, 2.45) is 11.7 Å². The Morgan fingerprint density at radius 3 is 2.33 bits per heavy atom. The maximum Gasteiger partial charge on any atom is 0.246 e. The molecular formula is C33H39N3O4. The molecular weight excluding hydrogens is 502 g/mol. The van der Waals surface area contributed by atoms with Crippen molar-refractivity contribution in [3.63, 3.8) is 0 Å². The molecule has 3 atom stereocenters. The molecule has 0 radical (unpaired) electrons. The number of benzene rings is 3. The van der Waals surface area contributed by atoms with Crippen LogP contribution in [0.4, 0.5) is 0 Å². The van der Waals surface area contributed by atoms with E-state index in [9.17, 15) is 14.4 Å². The summed E-state index contributed by atoms with van der Waals surface area (Å²) in [6.07, 6.45) is 2.09. The summed E-state index contributed by atoms with van der Waals surface area (Å²) < 4.78 is 5.90. The van der Waals surface area contributed by atoms with E-state index in [4.69, 9.17) is 10.5 Å². The van der Waals surface area contributed by atoms with Crippen LogP contribution in [0.1, 0.15) is 54.6 Å². The summed E-state index contributed by atoms with van der Waals surface area (Å²) in [4.78, 5) is 43.9. The van der Waals surface area contributed by atoms with Crippen LogP contribution in [0.3, 0.4) is 0 Å². The van der Waals surface area contributed by atoms with Gasteiger partial charge in [-0.2, -0.15) is 0 Å². The van der Waals surface area contributed by atoms with Crippen molar-refractivity contribution in [3.8, 4) is 5.75 Å². The Bertz CT molecular complexity index is 1280. The number of nitrogens with zero attached hydrogens (tertiary/aromatic N) is 2. The van der Waals surface area contributed by atoms with Crippen molar-refractivity contribution < 1.29 is 19.1 Å². The molecule has 1 aliphatic rings. The number of rotatable bonds is 12. The average molecular weight is 542 g/mol. The van der Waals surface area contributed by atoms with Crippen LogP contribution in [-0.4, -0.2) is 52.6 Å². The Morgan fingerprint density at radius 1 is 0.975 bits per heavy atom. The van der Waals surface area contributed by atoms with Gasteiger partial charge in [-0.25, -0.2) is 0 Å². The summed E-state index contributed by atoms with van der Waals surface area (Å²) >= 11 is 0. The normalized spacial score (nSPS) is 16.7. The van der Waals surface area contributed by atoms with Gasteiger partial charge < -0.3 is 10.5 Å². The number of nitrogens with two attached hydrogens (primary N) is 1. The topological polar surface area (TPSA) is 92.9 Å². The third-order valence-corrected chi connectivity index (χ3v) is 7.66. The molecule has 1 aliphatic heterocycles. The predicted molar refractivity (Wildman–Crippen MR) is 156 cm³/mol. The fourth-order valence-corrected chi connectivity index (χ4v) is 4.96. The Balaban J connectivity index is 1.46. The number of hydrogen-bond donors (Lipinski definition) is 1. The van der Waals surface area contributed by atoms with E-state index in [2.05, 4.69) is 0 Å². The lowest BCUT2D eigenvalue weighted by atomic mass is 9.98. The van der Waals surface area contributed by atoms with Crippen LogP contribution in [0.5, 0.6) is 5.75 Å². The van der Waals surface area contributed by atoms with E-state index >= 15 is 0 Å². The fourth-order valence-electron chi connectivity index (χ4n) is 4.96. The predicted octanol–water partition coefficient (Wildman–Crippen LogP) is 4.84. The summed E-state index contributed by atoms with van der Waals surface area (Å²) in [5.41, 5.74) is 8.73. The van der Waals surface area contributed by atoms with Crippen molar-refractivity contribution in [2.45, 2.75) is 58.3 Å². The quantitative estimate of drug-likeness (QED) is 0.330. The first-order chi connectivity index (χ1) is 19.4. The molecule has 210 valence electrons. The fraction of sp³-hybridized carbons (Fsp3) is 0.364. The highest BCUT2D eigenvalue weighted by Gasteiger charge is 2.38. The second kappa shape index (κ2) is 14.0. The van der Waals surface area contributed by atoms with Gasteiger partial charge >= 0.3 is 0 Å². The lowest BCUT2D eigenvalue weighted by Crippen LogP contribution is -2.54.